The topological polar surface area (TPSA) is 206 Å². The third-order valence-corrected chi connectivity index (χ3v) is 14.1. The van der Waals surface area contributed by atoms with Crippen LogP contribution in [0.1, 0.15) is 120 Å². The van der Waals surface area contributed by atoms with E-state index in [1.807, 2.05) is 35.8 Å². The molecule has 66 heavy (non-hydrogen) atoms. The van der Waals surface area contributed by atoms with Gasteiger partial charge in [0.05, 0.1) is 10.9 Å². The number of hydrogen-bond donors (Lipinski definition) is 3. The van der Waals surface area contributed by atoms with Crippen molar-refractivity contribution in [2.75, 3.05) is 61.8 Å². The first-order valence-corrected chi connectivity index (χ1v) is 23.6. The van der Waals surface area contributed by atoms with E-state index in [0.29, 0.717) is 53.6 Å². The van der Waals surface area contributed by atoms with Crippen molar-refractivity contribution in [2.24, 2.45) is 5.41 Å². The van der Waals surface area contributed by atoms with Gasteiger partial charge in [0.2, 0.25) is 17.7 Å². The van der Waals surface area contributed by atoms with E-state index in [9.17, 15) is 14.4 Å². The van der Waals surface area contributed by atoms with Gasteiger partial charge in [0.15, 0.2) is 28.9 Å². The normalized spacial score (nSPS) is 20.0. The first-order chi connectivity index (χ1) is 31.9. The second-order valence-corrected chi connectivity index (χ2v) is 19.4. The Balaban J connectivity index is 0.629. The minimum absolute atomic E-state index is 0.0285. The van der Waals surface area contributed by atoms with Crippen molar-refractivity contribution in [1.29, 1.82) is 0 Å². The third kappa shape index (κ3) is 8.68. The van der Waals surface area contributed by atoms with Crippen LogP contribution >= 0.6 is 0 Å². The number of aromatic nitrogens is 7. The molecule has 1 unspecified atom stereocenters. The molecule has 4 aliphatic heterocycles. The first kappa shape index (κ1) is 43.8. The Morgan fingerprint density at radius 1 is 0.909 bits per heavy atom. The van der Waals surface area contributed by atoms with E-state index >= 15 is 8.78 Å². The van der Waals surface area contributed by atoms with Crippen molar-refractivity contribution >= 4 is 45.9 Å². The van der Waals surface area contributed by atoms with Crippen LogP contribution < -0.4 is 21.3 Å². The summed E-state index contributed by atoms with van der Waals surface area (Å²) < 4.78 is 38.0. The average molecular weight is 906 g/mol. The fourth-order valence-electron chi connectivity index (χ4n) is 10.4. The van der Waals surface area contributed by atoms with Gasteiger partial charge < -0.3 is 30.3 Å². The SMILES string of the molecule is CC(C)n1nc(-c2noc(C3CC3)c2-c2ncc(C3CCN(C(=O)CCCCCCCN4CC5(C4)CN(c4c(F)cc(NC6CCC(=O)NC6=O)cc4F)C5)CC3)cn2)c2c(N)ncnc21. The molecule has 10 rings (SSSR count). The summed E-state index contributed by atoms with van der Waals surface area (Å²) in [6.07, 6.45) is 15.2. The molecule has 1 aromatic carbocycles. The largest absolute Gasteiger partial charge is 0.383 e. The van der Waals surface area contributed by atoms with Crippen LogP contribution in [0, 0.1) is 17.0 Å². The van der Waals surface area contributed by atoms with Gasteiger partial charge in [-0.05, 0) is 89.0 Å². The van der Waals surface area contributed by atoms with E-state index in [4.69, 9.17) is 25.3 Å². The fourth-order valence-corrected chi connectivity index (χ4v) is 10.4. The van der Waals surface area contributed by atoms with Crippen LogP contribution in [0.5, 0.6) is 0 Å². The molecule has 8 heterocycles. The highest BCUT2D eigenvalue weighted by Crippen LogP contribution is 2.48. The molecular formula is C47H57F2N13O4. The maximum Gasteiger partial charge on any atom is 0.249 e. The van der Waals surface area contributed by atoms with Crippen LogP contribution in [-0.2, 0) is 14.4 Å². The number of piperidine rings is 2. The quantitative estimate of drug-likeness (QED) is 0.0730. The summed E-state index contributed by atoms with van der Waals surface area (Å²) in [6.45, 7) is 9.57. The van der Waals surface area contributed by atoms with E-state index in [1.54, 1.807) is 4.90 Å². The van der Waals surface area contributed by atoms with Gasteiger partial charge in [0.1, 0.15) is 35.3 Å². The number of nitrogens with two attached hydrogens (primary N) is 1. The van der Waals surface area contributed by atoms with Crippen LogP contribution in [-0.4, -0.2) is 114 Å². The highest BCUT2D eigenvalue weighted by Gasteiger charge is 2.52. The summed E-state index contributed by atoms with van der Waals surface area (Å²) in [5, 5.41) is 15.1. The molecule has 1 aliphatic carbocycles. The number of benzene rings is 1. The molecule has 4 saturated heterocycles. The van der Waals surface area contributed by atoms with E-state index in [2.05, 4.69) is 30.7 Å². The maximum atomic E-state index is 15.1. The average Bonchev–Trinajstić information content (AvgIpc) is 3.90. The second-order valence-electron chi connectivity index (χ2n) is 19.4. The smallest absolute Gasteiger partial charge is 0.249 e. The molecule has 5 aromatic rings. The van der Waals surface area contributed by atoms with Crippen molar-refractivity contribution in [1.82, 2.24) is 50.0 Å². The predicted molar refractivity (Wildman–Crippen MR) is 242 cm³/mol. The molecule has 4 N–H and O–H groups in total. The summed E-state index contributed by atoms with van der Waals surface area (Å²) in [5.74, 6) is 0.208. The van der Waals surface area contributed by atoms with Crippen molar-refractivity contribution in [3.63, 3.8) is 0 Å². The van der Waals surface area contributed by atoms with Gasteiger partial charge in [-0.3, -0.25) is 19.7 Å². The maximum absolute atomic E-state index is 15.1. The number of unbranched alkanes of at least 4 members (excludes halogenated alkanes) is 4. The number of anilines is 3. The molecule has 5 aliphatic rings. The van der Waals surface area contributed by atoms with Gasteiger partial charge in [-0.25, -0.2) is 33.4 Å². The molecule has 5 fully saturated rings. The Morgan fingerprint density at radius 3 is 2.32 bits per heavy atom. The highest BCUT2D eigenvalue weighted by molar-refractivity contribution is 6.02. The van der Waals surface area contributed by atoms with Crippen LogP contribution in [0.15, 0.2) is 35.4 Å². The van der Waals surface area contributed by atoms with Gasteiger partial charge in [0, 0.05) is 87.6 Å². The first-order valence-electron chi connectivity index (χ1n) is 23.6. The van der Waals surface area contributed by atoms with Crippen LogP contribution in [0.25, 0.3) is 33.8 Å². The third-order valence-electron chi connectivity index (χ3n) is 14.1. The van der Waals surface area contributed by atoms with Crippen LogP contribution in [0.3, 0.4) is 0 Å². The number of fused-ring (bicyclic) bond motifs is 1. The molecule has 1 spiro atoms. The summed E-state index contributed by atoms with van der Waals surface area (Å²) in [6, 6.07) is 1.77. The summed E-state index contributed by atoms with van der Waals surface area (Å²) in [5.41, 5.74) is 10.1. The number of likely N-dealkylation sites (tertiary alicyclic amines) is 2. The van der Waals surface area contributed by atoms with Crippen molar-refractivity contribution in [2.45, 2.75) is 115 Å². The number of imide groups is 1. The second kappa shape index (κ2) is 17.9. The highest BCUT2D eigenvalue weighted by atomic mass is 19.1. The van der Waals surface area contributed by atoms with E-state index < -0.39 is 23.6 Å². The minimum atomic E-state index is -0.711. The van der Waals surface area contributed by atoms with Crippen LogP contribution in [0.4, 0.5) is 26.0 Å². The fraction of sp³-hybridized carbons (Fsp3) is 0.553. The number of carbonyl (C=O) groups is 3. The monoisotopic (exact) mass is 905 g/mol. The van der Waals surface area contributed by atoms with E-state index in [-0.39, 0.29) is 59.3 Å². The van der Waals surface area contributed by atoms with Crippen molar-refractivity contribution in [3.8, 4) is 22.8 Å². The molecule has 1 saturated carbocycles. The zero-order valence-electron chi connectivity index (χ0n) is 37.6. The molecule has 348 valence electrons. The lowest BCUT2D eigenvalue weighted by atomic mass is 9.72. The molecular weight excluding hydrogens is 849 g/mol. The zero-order valence-corrected chi connectivity index (χ0v) is 37.6. The molecule has 0 bridgehead atoms. The summed E-state index contributed by atoms with van der Waals surface area (Å²) >= 11 is 0. The number of rotatable bonds is 16. The number of hydrogen-bond acceptors (Lipinski definition) is 14. The standard InChI is InChI=1S/C47H57F2N13O4/c1-27(2)62-45-38(43(50)53-26-54-45)39(57-62)40-37(42(66-58-40)29-9-10-29)44-51-20-30(21-52-44)28-13-16-60(17-14-28)36(64)8-6-4-3-5-7-15-59-22-47(23-59)24-61(25-47)41-32(48)18-31(19-33(41)49)55-34-11-12-35(63)56-46(34)65/h18-21,26-29,34,55H,3-17,22-25H2,1-2H3,(H2,50,53,54)(H,56,63,65). The summed E-state index contributed by atoms with van der Waals surface area (Å²) in [7, 11) is 0. The Kier molecular flexibility index (Phi) is 11.9. The van der Waals surface area contributed by atoms with Gasteiger partial charge in [-0.1, -0.05) is 24.4 Å². The predicted octanol–water partition coefficient (Wildman–Crippen LogP) is 6.34. The van der Waals surface area contributed by atoms with Crippen molar-refractivity contribution in [3.05, 3.63) is 53.8 Å². The molecule has 17 nitrogen and oxygen atoms in total. The lowest BCUT2D eigenvalue weighted by molar-refractivity contribution is -0.134. The summed E-state index contributed by atoms with van der Waals surface area (Å²) in [4.78, 5) is 61.3. The Labute approximate surface area is 381 Å². The van der Waals surface area contributed by atoms with Crippen LogP contribution in [0.2, 0.25) is 0 Å². The lowest BCUT2D eigenvalue weighted by Crippen LogP contribution is -2.72. The number of nitrogen functional groups attached to an aromatic ring is 1. The van der Waals surface area contributed by atoms with Crippen molar-refractivity contribution < 1.29 is 27.7 Å². The Morgan fingerprint density at radius 2 is 1.62 bits per heavy atom. The molecule has 19 heteroatoms. The number of amides is 3. The molecule has 4 aromatic heterocycles. The molecule has 3 amide bonds. The number of nitrogens with zero attached hydrogens (tertiary/aromatic N) is 10. The van der Waals surface area contributed by atoms with Gasteiger partial charge in [-0.15, -0.1) is 0 Å². The minimum Gasteiger partial charge on any atom is -0.383 e. The molecule has 1 atom stereocenters. The zero-order chi connectivity index (χ0) is 45.7. The number of halogens is 2. The molecule has 0 radical (unpaired) electrons. The van der Waals surface area contributed by atoms with Gasteiger partial charge in [0.25, 0.3) is 0 Å². The van der Waals surface area contributed by atoms with Gasteiger partial charge in [-0.2, -0.15) is 5.10 Å². The number of nitrogens with one attached hydrogen (secondary N) is 2. The Bertz CT molecular complexity index is 2600. The van der Waals surface area contributed by atoms with E-state index in [0.717, 1.165) is 107 Å². The Hall–Kier alpha value is -6.11. The lowest BCUT2D eigenvalue weighted by Gasteiger charge is -2.61. The number of carbonyl (C=O) groups excluding carboxylic acids is 3. The van der Waals surface area contributed by atoms with Gasteiger partial charge >= 0.3 is 0 Å². The van der Waals surface area contributed by atoms with E-state index in [1.165, 1.54) is 18.5 Å².